The first kappa shape index (κ1) is 98.3. The van der Waals surface area contributed by atoms with E-state index in [1.807, 2.05) is 49.1 Å². The zero-order valence-corrected chi connectivity index (χ0v) is 78.5. The number of ketones is 4. The number of carbonyl (C=O) groups excluding carboxylic acids is 4. The molecule has 614 valence electrons. The topological polar surface area (TPSA) is 218 Å². The molecule has 0 spiro atoms. The Morgan fingerprint density at radius 2 is 0.555 bits per heavy atom. The third-order valence-corrected chi connectivity index (χ3v) is 17.9. The molecule has 0 atom stereocenters. The van der Waals surface area contributed by atoms with Crippen molar-refractivity contribution < 1.29 is 120 Å². The summed E-state index contributed by atoms with van der Waals surface area (Å²) >= 11 is 0. The van der Waals surface area contributed by atoms with E-state index >= 15 is 0 Å². The Morgan fingerprint density at radius 3 is 0.798 bits per heavy atom. The molecule has 12 aromatic carbocycles. The van der Waals surface area contributed by atoms with Crippen LogP contribution in [0, 0.1) is 45.0 Å². The molecule has 0 aliphatic heterocycles. The second-order valence-corrected chi connectivity index (χ2v) is 29.0. The van der Waals surface area contributed by atoms with E-state index in [0.717, 1.165) is 45.0 Å². The first-order valence-corrected chi connectivity index (χ1v) is 37.7. The number of aliphatic hydroxyl groups excluding tert-OH is 4. The van der Waals surface area contributed by atoms with Gasteiger partial charge in [0.25, 0.3) is 0 Å². The summed E-state index contributed by atoms with van der Waals surface area (Å²) < 4.78 is 0. The second-order valence-electron chi connectivity index (χ2n) is 29.0. The van der Waals surface area contributed by atoms with Crippen molar-refractivity contribution in [2.75, 3.05) is 0 Å². The summed E-state index contributed by atoms with van der Waals surface area (Å²) in [4.78, 5) is 52.0. The van der Waals surface area contributed by atoms with Crippen molar-refractivity contribution in [3.05, 3.63) is 361 Å². The van der Waals surface area contributed by atoms with Gasteiger partial charge in [-0.2, -0.15) is 0 Å². The molecule has 0 aliphatic rings. The van der Waals surface area contributed by atoms with Crippen LogP contribution in [0.15, 0.2) is 315 Å². The fraction of sp³-hybridized carbons (Fsp3) is 0.146. The summed E-state index contributed by atoms with van der Waals surface area (Å²) in [5.74, 6) is 1.00. The second kappa shape index (κ2) is 47.4. The molecule has 4 radical (unpaired) electrons. The van der Waals surface area contributed by atoms with Gasteiger partial charge in [-0.15, -0.1) is 142 Å². The predicted octanol–water partition coefficient (Wildman–Crippen LogP) is 25.7. The van der Waals surface area contributed by atoms with E-state index in [1.165, 1.54) is 188 Å². The number of benzene rings is 12. The van der Waals surface area contributed by atoms with Gasteiger partial charge in [0.2, 0.25) is 0 Å². The van der Waals surface area contributed by atoms with E-state index in [1.54, 1.807) is 0 Å². The molecule has 0 aliphatic carbocycles. The maximum atomic E-state index is 8.40. The number of allylic oxidation sites excluding steroid dienone is 8. The van der Waals surface area contributed by atoms with Crippen LogP contribution in [0.2, 0.25) is 0 Å². The zero-order valence-electron chi connectivity index (χ0n) is 68.9. The number of hydrogen-bond acceptors (Lipinski definition) is 8. The van der Waals surface area contributed by atoms with Crippen molar-refractivity contribution in [1.82, 2.24) is 19.9 Å². The van der Waals surface area contributed by atoms with Crippen molar-refractivity contribution in [3.63, 3.8) is 0 Å². The van der Waals surface area contributed by atoms with Crippen LogP contribution < -0.4 is 0 Å². The first-order chi connectivity index (χ1) is 55.0. The first-order valence-electron chi connectivity index (χ1n) is 37.7. The van der Waals surface area contributed by atoms with Crippen LogP contribution in [0.5, 0.6) is 0 Å². The van der Waals surface area contributed by atoms with E-state index in [2.05, 4.69) is 304 Å². The van der Waals surface area contributed by atoms with E-state index < -0.39 is 0 Å². The Balaban J connectivity index is 0.000000253. The molecule has 16 heteroatoms. The van der Waals surface area contributed by atoms with Gasteiger partial charge in [-0.25, -0.2) is 0 Å². The van der Waals surface area contributed by atoms with Crippen molar-refractivity contribution in [2.24, 2.45) is 0 Å². The van der Waals surface area contributed by atoms with Crippen molar-refractivity contribution in [2.45, 2.75) is 102 Å². The smallest absolute Gasteiger partial charge is 0.316 e. The SMILES string of the molecule is CC(=[OH+])C=C(C)O.CC(=[OH+])C=C(C)O.CC(=[OH+])C=C(C)O.CC(=[OH+])C=C(C)O.CC(C)(C)c1cc[c-]c(-c2nccc3c2ccc2ccccc23)c1.Cc1c[c-]c(-c2nccc3c2ccc2ccccc23)cc1.Cc1c[c-]c(-c2nccc3c2ccc2ccccc23)cc1.Cc1cc[c-]c(-c2nccc3c2ccc2ccccc23)c1.[Ir].[Ir].[Ir].[Ir]. The summed E-state index contributed by atoms with van der Waals surface area (Å²) in [6.07, 6.45) is 12.7. The number of fused-ring (bicyclic) bond motifs is 12. The normalized spacial score (nSPS) is 11.0. The summed E-state index contributed by atoms with van der Waals surface area (Å²) in [6, 6.07) is 97.9. The van der Waals surface area contributed by atoms with E-state index in [-0.39, 0.29) is 132 Å². The van der Waals surface area contributed by atoms with E-state index in [4.69, 9.17) is 39.6 Å². The standard InChI is InChI=1S/C23H20N.3C20H14N.4C5H8O2.4Ir/c1-23(2,3)18-9-6-8-17(15-18)22-21-12-11-16-7-4-5-10-19(16)20(21)13-14-24-22;1-14-5-4-7-16(13-14)20-19-10-9-15-6-2-3-8-17(15)18(19)11-12-21-20;2*1-14-6-8-16(9-7-14)20-19-11-10-15-4-2-3-5-17(15)18(19)12-13-21-20;4*1-4(6)3-5(2)7;;;;/h4-7,9-15H,1-3H3;2-6,8-13H,1H3;2*2-8,10-13H,1H3;4*3,6H,1-2H3;;;;/q4*-1;;;;;;;;/p+4. The molecule has 16 aromatic rings. The molecule has 0 bridgehead atoms. The average molecular weight is 2290 g/mol. The summed E-state index contributed by atoms with van der Waals surface area (Å²) in [7, 11) is 0. The number of hydrogen-bond donors (Lipinski definition) is 4. The Hall–Kier alpha value is -11.2. The molecular weight excluding hydrogens is 2190 g/mol. The van der Waals surface area contributed by atoms with Crippen LogP contribution in [-0.2, 0) is 85.8 Å². The van der Waals surface area contributed by atoms with Gasteiger partial charge in [0.15, 0.2) is 0 Å². The quantitative estimate of drug-likeness (QED) is 0.0376. The number of aliphatic hydroxyl groups is 4. The predicted molar refractivity (Wildman–Crippen MR) is 483 cm³/mol. The molecule has 0 unspecified atom stereocenters. The molecule has 16 rings (SSSR count). The third-order valence-electron chi connectivity index (χ3n) is 17.9. The fourth-order valence-corrected chi connectivity index (χ4v) is 12.9. The molecule has 4 aromatic heterocycles. The molecule has 0 saturated carbocycles. The molecule has 0 fully saturated rings. The minimum atomic E-state index is 0. The molecule has 8 N–H and O–H groups in total. The molecular formula is C103H98Ir4N4O8. The van der Waals surface area contributed by atoms with Crippen LogP contribution in [0.25, 0.3) is 131 Å². The monoisotopic (exact) mass is 2290 g/mol. The Bertz CT molecular complexity index is 6020. The van der Waals surface area contributed by atoms with Crippen LogP contribution in [-0.4, -0.2) is 82.7 Å². The van der Waals surface area contributed by atoms with Gasteiger partial charge in [-0.3, -0.25) is 19.2 Å². The van der Waals surface area contributed by atoms with E-state index in [9.17, 15) is 0 Å². The van der Waals surface area contributed by atoms with E-state index in [0.29, 0.717) is 0 Å². The van der Waals surface area contributed by atoms with Gasteiger partial charge in [-0.1, -0.05) is 187 Å². The van der Waals surface area contributed by atoms with Crippen LogP contribution in [0.4, 0.5) is 0 Å². The summed E-state index contributed by atoms with van der Waals surface area (Å²) in [5, 5.41) is 53.4. The fourth-order valence-electron chi connectivity index (χ4n) is 12.9. The third kappa shape index (κ3) is 28.5. The minimum absolute atomic E-state index is 0. The Kier molecular flexibility index (Phi) is 39.1. The molecule has 0 saturated heterocycles. The maximum absolute atomic E-state index is 8.40. The zero-order chi connectivity index (χ0) is 82.9. The van der Waals surface area contributed by atoms with Crippen molar-refractivity contribution in [3.8, 4) is 45.0 Å². The largest absolute Gasteiger partial charge is 0.512 e. The van der Waals surface area contributed by atoms with Gasteiger partial charge in [0.1, 0.15) is 0 Å². The van der Waals surface area contributed by atoms with Crippen LogP contribution >= 0.6 is 0 Å². The van der Waals surface area contributed by atoms with Crippen LogP contribution in [0.3, 0.4) is 0 Å². The van der Waals surface area contributed by atoms with Gasteiger partial charge in [-0.05, 0) is 166 Å². The maximum Gasteiger partial charge on any atom is 0.316 e. The number of aromatic nitrogens is 4. The van der Waals surface area contributed by atoms with Gasteiger partial charge < -0.3 is 40.4 Å². The van der Waals surface area contributed by atoms with Gasteiger partial charge in [0, 0.05) is 105 Å². The summed E-state index contributed by atoms with van der Waals surface area (Å²) in [5.41, 5.74) is 13.3. The number of aryl methyl sites for hydroxylation is 3. The molecule has 119 heavy (non-hydrogen) atoms. The van der Waals surface area contributed by atoms with Crippen molar-refractivity contribution >= 4 is 109 Å². The Morgan fingerprint density at radius 1 is 0.286 bits per heavy atom. The minimum Gasteiger partial charge on any atom is -0.512 e. The number of rotatable bonds is 8. The average Bonchev–Trinajstić information content (AvgIpc) is 0.806. The molecule has 0 amide bonds. The summed E-state index contributed by atoms with van der Waals surface area (Å²) in [6.45, 7) is 24.9. The van der Waals surface area contributed by atoms with Crippen molar-refractivity contribution in [1.29, 1.82) is 0 Å². The Labute approximate surface area is 751 Å². The number of nitrogens with zero attached hydrogens (tertiary/aromatic N) is 4. The number of pyridine rings is 4. The molecule has 12 nitrogen and oxygen atoms in total. The van der Waals surface area contributed by atoms with Gasteiger partial charge >= 0.3 is 23.1 Å². The molecule has 4 heterocycles. The van der Waals surface area contributed by atoms with Crippen LogP contribution in [0.1, 0.15) is 98.4 Å². The van der Waals surface area contributed by atoms with Gasteiger partial charge in [0.05, 0.1) is 75.0 Å².